The summed E-state index contributed by atoms with van der Waals surface area (Å²) in [4.78, 5) is 29.8. The summed E-state index contributed by atoms with van der Waals surface area (Å²) in [6.07, 6.45) is 4.29. The zero-order valence-corrected chi connectivity index (χ0v) is 18.1. The number of amides is 1. The molecule has 0 aromatic carbocycles. The van der Waals surface area contributed by atoms with E-state index in [2.05, 4.69) is 27.6 Å². The first-order chi connectivity index (χ1) is 11.2. The van der Waals surface area contributed by atoms with Crippen LogP contribution in [-0.4, -0.2) is 42.1 Å². The third kappa shape index (κ3) is 6.98. The van der Waals surface area contributed by atoms with Crippen molar-refractivity contribution in [1.29, 1.82) is 0 Å². The molecule has 1 aromatic heterocycles. The largest absolute Gasteiger partial charge is 0.463 e. The lowest BCUT2D eigenvalue weighted by atomic mass is 10.2. The molecule has 9 heteroatoms. The van der Waals surface area contributed by atoms with Gasteiger partial charge in [-0.25, -0.2) is 14.6 Å². The molecule has 0 radical (unpaired) electrons. The predicted molar refractivity (Wildman–Crippen MR) is 106 cm³/mol. The van der Waals surface area contributed by atoms with Crippen LogP contribution >= 0.6 is 45.7 Å². The van der Waals surface area contributed by atoms with Crippen molar-refractivity contribution >= 4 is 63.6 Å². The van der Waals surface area contributed by atoms with Gasteiger partial charge in [0.1, 0.15) is 8.48 Å². The number of esters is 1. The summed E-state index contributed by atoms with van der Waals surface area (Å²) in [7, 11) is 0. The average molecular weight is 484 g/mol. The fourth-order valence-electron chi connectivity index (χ4n) is 1.54. The van der Waals surface area contributed by atoms with E-state index in [0.29, 0.717) is 12.4 Å². The summed E-state index contributed by atoms with van der Waals surface area (Å²) in [5.74, 6) is 0.0899. The second kappa shape index (κ2) is 9.62. The Hall–Kier alpha value is -0.810. The Bertz CT molecular complexity index is 611. The number of aromatic nitrogens is 1. The van der Waals surface area contributed by atoms with Gasteiger partial charge in [-0.15, -0.1) is 0 Å². The molecule has 0 atom stereocenters. The first-order valence-corrected chi connectivity index (χ1v) is 10.3. The van der Waals surface area contributed by atoms with Crippen LogP contribution in [0.15, 0.2) is 16.5 Å². The van der Waals surface area contributed by atoms with Crippen LogP contribution in [0.25, 0.3) is 0 Å². The van der Waals surface area contributed by atoms with Gasteiger partial charge in [0.25, 0.3) is 0 Å². The Labute approximate surface area is 164 Å². The van der Waals surface area contributed by atoms with Crippen LogP contribution in [0.1, 0.15) is 27.7 Å². The monoisotopic (exact) mass is 484 g/mol. The fraction of sp³-hybridized carbons (Fsp3) is 0.533. The molecular weight excluding hydrogens is 463 g/mol. The molecule has 0 saturated heterocycles. The average Bonchev–Trinajstić information content (AvgIpc) is 2.83. The van der Waals surface area contributed by atoms with Crippen molar-refractivity contribution < 1.29 is 19.1 Å². The van der Waals surface area contributed by atoms with Gasteiger partial charge in [0.15, 0.2) is 10.2 Å². The predicted octanol–water partition coefficient (Wildman–Crippen LogP) is 4.33. The lowest BCUT2D eigenvalue weighted by Gasteiger charge is -2.25. The number of ether oxygens (including phenoxy) is 2. The second-order valence-corrected chi connectivity index (χ2v) is 9.39. The summed E-state index contributed by atoms with van der Waals surface area (Å²) >= 11 is 5.16. The quantitative estimate of drug-likeness (QED) is 0.259. The molecule has 1 heterocycles. The van der Waals surface area contributed by atoms with Gasteiger partial charge in [0.2, 0.25) is 0 Å². The zero-order chi connectivity index (χ0) is 18.3. The number of hydrogen-bond acceptors (Lipinski definition) is 7. The van der Waals surface area contributed by atoms with Crippen LogP contribution in [0.4, 0.5) is 10.6 Å². The van der Waals surface area contributed by atoms with Crippen molar-refractivity contribution in [3.8, 4) is 0 Å². The molecule has 1 aromatic rings. The lowest BCUT2D eigenvalue weighted by molar-refractivity contribution is -0.137. The highest BCUT2D eigenvalue weighted by atomic mass is 127. The van der Waals surface area contributed by atoms with Gasteiger partial charge in [-0.3, -0.25) is 4.90 Å². The van der Waals surface area contributed by atoms with Crippen molar-refractivity contribution in [2.24, 2.45) is 0 Å². The van der Waals surface area contributed by atoms with Gasteiger partial charge in [0.05, 0.1) is 6.61 Å². The standard InChI is InChI=1S/C15H21IN2O4S2/c1-6-21-10(19)8-7-9-18(14(20)22-15(2,3)4)12-11(16)24-13(17-12)23-5/h7-8H,6,9H2,1-5H3/b8-7+. The van der Waals surface area contributed by atoms with Gasteiger partial charge < -0.3 is 9.47 Å². The van der Waals surface area contributed by atoms with Gasteiger partial charge in [-0.2, -0.15) is 0 Å². The summed E-state index contributed by atoms with van der Waals surface area (Å²) < 4.78 is 12.0. The maximum atomic E-state index is 12.5. The Kier molecular flexibility index (Phi) is 8.51. The number of thioether (sulfide) groups is 1. The SMILES string of the molecule is CCOC(=O)/C=C/CN(C(=O)OC(C)(C)C)c1nc(SC)sc1I. The number of carbonyl (C=O) groups is 2. The number of carbonyl (C=O) groups excluding carboxylic acids is 2. The molecule has 24 heavy (non-hydrogen) atoms. The smallest absolute Gasteiger partial charge is 0.416 e. The van der Waals surface area contributed by atoms with Gasteiger partial charge in [-0.1, -0.05) is 29.2 Å². The van der Waals surface area contributed by atoms with Crippen molar-refractivity contribution in [3.05, 3.63) is 15.0 Å². The normalized spacial score (nSPS) is 11.6. The molecule has 0 fully saturated rings. The number of nitrogens with zero attached hydrogens (tertiary/aromatic N) is 2. The molecule has 6 nitrogen and oxygen atoms in total. The molecular formula is C15H21IN2O4S2. The van der Waals surface area contributed by atoms with E-state index in [1.54, 1.807) is 33.8 Å². The Morgan fingerprint density at radius 2 is 2.08 bits per heavy atom. The van der Waals surface area contributed by atoms with Crippen LogP contribution in [0, 0.1) is 2.88 Å². The van der Waals surface area contributed by atoms with E-state index in [1.807, 2.05) is 6.26 Å². The van der Waals surface area contributed by atoms with Gasteiger partial charge in [0, 0.05) is 12.6 Å². The Balaban J connectivity index is 3.00. The number of rotatable bonds is 6. The number of anilines is 1. The van der Waals surface area contributed by atoms with E-state index in [0.717, 1.165) is 7.22 Å². The Morgan fingerprint density at radius 1 is 1.42 bits per heavy atom. The molecule has 1 rings (SSSR count). The van der Waals surface area contributed by atoms with Crippen LogP contribution in [0.5, 0.6) is 0 Å². The number of halogens is 1. The van der Waals surface area contributed by atoms with E-state index in [9.17, 15) is 9.59 Å². The molecule has 0 spiro atoms. The molecule has 0 N–H and O–H groups in total. The number of thiazole rings is 1. The highest BCUT2D eigenvalue weighted by Gasteiger charge is 2.26. The van der Waals surface area contributed by atoms with E-state index < -0.39 is 17.7 Å². The van der Waals surface area contributed by atoms with Crippen molar-refractivity contribution in [3.63, 3.8) is 0 Å². The fourth-order valence-corrected chi connectivity index (χ4v) is 4.32. The van der Waals surface area contributed by atoms with Gasteiger partial charge in [-0.05, 0) is 56.5 Å². The molecule has 0 aliphatic rings. The molecule has 0 bridgehead atoms. The molecule has 0 aliphatic carbocycles. The Morgan fingerprint density at radius 3 is 2.58 bits per heavy atom. The molecule has 0 unspecified atom stereocenters. The minimum atomic E-state index is -0.621. The van der Waals surface area contributed by atoms with E-state index in [4.69, 9.17) is 9.47 Å². The maximum Gasteiger partial charge on any atom is 0.416 e. The molecule has 0 aliphatic heterocycles. The van der Waals surface area contributed by atoms with Crippen LogP contribution in [-0.2, 0) is 14.3 Å². The summed E-state index contributed by atoms with van der Waals surface area (Å²) in [5.41, 5.74) is -0.621. The topological polar surface area (TPSA) is 68.7 Å². The van der Waals surface area contributed by atoms with Crippen LogP contribution < -0.4 is 4.90 Å². The zero-order valence-electron chi connectivity index (χ0n) is 14.3. The third-order valence-corrected chi connectivity index (χ3v) is 5.38. The first kappa shape index (κ1) is 21.2. The second-order valence-electron chi connectivity index (χ2n) is 5.53. The molecule has 1 amide bonds. The lowest BCUT2D eigenvalue weighted by Crippen LogP contribution is -2.37. The molecule has 134 valence electrons. The minimum absolute atomic E-state index is 0.168. The maximum absolute atomic E-state index is 12.5. The van der Waals surface area contributed by atoms with E-state index in [-0.39, 0.29) is 6.54 Å². The van der Waals surface area contributed by atoms with Gasteiger partial charge >= 0.3 is 12.1 Å². The van der Waals surface area contributed by atoms with E-state index in [1.165, 1.54) is 34.1 Å². The summed E-state index contributed by atoms with van der Waals surface area (Å²) in [6.45, 7) is 7.62. The van der Waals surface area contributed by atoms with Crippen molar-refractivity contribution in [2.45, 2.75) is 37.6 Å². The summed E-state index contributed by atoms with van der Waals surface area (Å²) in [6, 6.07) is 0. The highest BCUT2D eigenvalue weighted by Crippen LogP contribution is 2.33. The van der Waals surface area contributed by atoms with E-state index >= 15 is 0 Å². The van der Waals surface area contributed by atoms with Crippen LogP contribution in [0.3, 0.4) is 0 Å². The number of hydrogen-bond donors (Lipinski definition) is 0. The van der Waals surface area contributed by atoms with Crippen molar-refractivity contribution in [2.75, 3.05) is 24.3 Å². The van der Waals surface area contributed by atoms with Crippen molar-refractivity contribution in [1.82, 2.24) is 4.98 Å². The highest BCUT2D eigenvalue weighted by molar-refractivity contribution is 14.1. The van der Waals surface area contributed by atoms with Crippen LogP contribution in [0.2, 0.25) is 0 Å². The summed E-state index contributed by atoms with van der Waals surface area (Å²) in [5, 5.41) is 0. The molecule has 0 saturated carbocycles. The minimum Gasteiger partial charge on any atom is -0.463 e. The third-order valence-electron chi connectivity index (χ3n) is 2.42. The first-order valence-electron chi connectivity index (χ1n) is 7.22.